The SMILES string of the molecule is CCC[C@](C)(OC)[C@@H](Nc1ccc(OC)cc1)c1ccc(O)n1C(=O)OC(C)(C)C. The van der Waals surface area contributed by atoms with Gasteiger partial charge in [0.1, 0.15) is 11.4 Å². The number of aromatic hydroxyl groups is 1. The van der Waals surface area contributed by atoms with Gasteiger partial charge in [0, 0.05) is 18.9 Å². The van der Waals surface area contributed by atoms with Crippen LogP contribution in [0.1, 0.15) is 59.2 Å². The quantitative estimate of drug-likeness (QED) is 0.602. The highest BCUT2D eigenvalue weighted by Gasteiger charge is 2.38. The van der Waals surface area contributed by atoms with Gasteiger partial charge in [0.25, 0.3) is 0 Å². The number of carbonyl (C=O) groups is 1. The molecular weight excluding hydrogens is 384 g/mol. The first-order valence-electron chi connectivity index (χ1n) is 10.1. The molecule has 1 aromatic heterocycles. The molecule has 30 heavy (non-hydrogen) atoms. The van der Waals surface area contributed by atoms with Gasteiger partial charge >= 0.3 is 6.09 Å². The molecule has 7 nitrogen and oxygen atoms in total. The molecule has 166 valence electrons. The van der Waals surface area contributed by atoms with Crippen LogP contribution in [0.15, 0.2) is 36.4 Å². The van der Waals surface area contributed by atoms with Crippen molar-refractivity contribution in [1.29, 1.82) is 0 Å². The Morgan fingerprint density at radius 2 is 1.73 bits per heavy atom. The van der Waals surface area contributed by atoms with E-state index in [1.807, 2.05) is 31.2 Å². The average Bonchev–Trinajstić information content (AvgIpc) is 3.06. The molecule has 0 aliphatic carbocycles. The van der Waals surface area contributed by atoms with Gasteiger partial charge in [0.05, 0.1) is 24.4 Å². The van der Waals surface area contributed by atoms with Crippen LogP contribution in [0.2, 0.25) is 0 Å². The number of nitrogens with one attached hydrogen (secondary N) is 1. The van der Waals surface area contributed by atoms with E-state index in [2.05, 4.69) is 12.2 Å². The van der Waals surface area contributed by atoms with Crippen molar-refractivity contribution in [2.24, 2.45) is 0 Å². The predicted molar refractivity (Wildman–Crippen MR) is 117 cm³/mol. The van der Waals surface area contributed by atoms with Crippen LogP contribution in [0.5, 0.6) is 11.6 Å². The molecule has 0 saturated carbocycles. The molecule has 0 bridgehead atoms. The van der Waals surface area contributed by atoms with E-state index < -0.39 is 23.3 Å². The largest absolute Gasteiger partial charge is 0.497 e. The fourth-order valence-corrected chi connectivity index (χ4v) is 3.43. The summed E-state index contributed by atoms with van der Waals surface area (Å²) >= 11 is 0. The van der Waals surface area contributed by atoms with Crippen molar-refractivity contribution >= 4 is 11.8 Å². The summed E-state index contributed by atoms with van der Waals surface area (Å²) in [5, 5.41) is 13.9. The first kappa shape index (κ1) is 23.6. The maximum atomic E-state index is 12.9. The van der Waals surface area contributed by atoms with Crippen molar-refractivity contribution in [1.82, 2.24) is 4.57 Å². The molecule has 0 spiro atoms. The van der Waals surface area contributed by atoms with E-state index >= 15 is 0 Å². The highest BCUT2D eigenvalue weighted by Crippen LogP contribution is 2.38. The molecule has 2 aromatic rings. The highest BCUT2D eigenvalue weighted by atomic mass is 16.6. The summed E-state index contributed by atoms with van der Waals surface area (Å²) < 4.78 is 17.9. The smallest absolute Gasteiger partial charge is 0.421 e. The number of aromatic nitrogens is 1. The minimum Gasteiger partial charge on any atom is -0.497 e. The third-order valence-electron chi connectivity index (χ3n) is 4.99. The van der Waals surface area contributed by atoms with Crippen LogP contribution in [0, 0.1) is 0 Å². The maximum absolute atomic E-state index is 12.9. The lowest BCUT2D eigenvalue weighted by atomic mass is 9.88. The molecule has 0 aliphatic heterocycles. The predicted octanol–water partition coefficient (Wildman–Crippen LogP) is 5.34. The van der Waals surface area contributed by atoms with Crippen molar-refractivity contribution < 1.29 is 24.1 Å². The number of ether oxygens (including phenoxy) is 3. The van der Waals surface area contributed by atoms with Crippen molar-refractivity contribution in [3.8, 4) is 11.6 Å². The Bertz CT molecular complexity index is 838. The van der Waals surface area contributed by atoms with Gasteiger partial charge in [-0.1, -0.05) is 13.3 Å². The molecule has 2 atom stereocenters. The maximum Gasteiger partial charge on any atom is 0.421 e. The molecule has 0 amide bonds. The van der Waals surface area contributed by atoms with Crippen LogP contribution < -0.4 is 10.1 Å². The lowest BCUT2D eigenvalue weighted by Gasteiger charge is -2.38. The first-order valence-corrected chi connectivity index (χ1v) is 10.1. The summed E-state index contributed by atoms with van der Waals surface area (Å²) in [5.41, 5.74) is 0.0314. The molecule has 1 aromatic carbocycles. The molecule has 7 heteroatoms. The fraction of sp³-hybridized carbons (Fsp3) is 0.522. The second-order valence-electron chi connectivity index (χ2n) is 8.50. The van der Waals surface area contributed by atoms with Crippen LogP contribution in [0.25, 0.3) is 0 Å². The minimum absolute atomic E-state index is 0.185. The molecule has 0 saturated heterocycles. The van der Waals surface area contributed by atoms with E-state index in [9.17, 15) is 9.90 Å². The van der Waals surface area contributed by atoms with Crippen LogP contribution in [0.4, 0.5) is 10.5 Å². The average molecular weight is 419 g/mol. The van der Waals surface area contributed by atoms with Gasteiger partial charge in [-0.25, -0.2) is 9.36 Å². The Kier molecular flexibility index (Phi) is 7.42. The molecular formula is C23H34N2O5. The van der Waals surface area contributed by atoms with Crippen LogP contribution in [0.3, 0.4) is 0 Å². The van der Waals surface area contributed by atoms with Gasteiger partial charge in [-0.3, -0.25) is 0 Å². The van der Waals surface area contributed by atoms with Crippen LogP contribution in [-0.2, 0) is 9.47 Å². The molecule has 0 aliphatic rings. The van der Waals surface area contributed by atoms with Gasteiger partial charge in [-0.15, -0.1) is 0 Å². The Hall–Kier alpha value is -2.67. The Morgan fingerprint density at radius 1 is 1.10 bits per heavy atom. The molecule has 0 radical (unpaired) electrons. The lowest BCUT2D eigenvalue weighted by Crippen LogP contribution is -2.41. The van der Waals surface area contributed by atoms with Crippen molar-refractivity contribution in [2.45, 2.75) is 64.7 Å². The molecule has 0 fully saturated rings. The highest BCUT2D eigenvalue weighted by molar-refractivity contribution is 5.74. The zero-order chi connectivity index (χ0) is 22.5. The summed E-state index contributed by atoms with van der Waals surface area (Å²) in [6, 6.07) is 10.3. The number of hydrogen-bond acceptors (Lipinski definition) is 6. The van der Waals surface area contributed by atoms with E-state index in [0.717, 1.165) is 24.3 Å². The number of methoxy groups -OCH3 is 2. The molecule has 0 unspecified atom stereocenters. The van der Waals surface area contributed by atoms with E-state index in [1.165, 1.54) is 10.6 Å². The lowest BCUT2D eigenvalue weighted by molar-refractivity contribution is -0.0203. The van der Waals surface area contributed by atoms with Gasteiger partial charge in [-0.2, -0.15) is 0 Å². The second-order valence-corrected chi connectivity index (χ2v) is 8.50. The third kappa shape index (κ3) is 5.48. The standard InChI is InChI=1S/C23H34N2O5/c1-8-15-23(5,29-7)20(24-16-9-11-17(28-6)12-10-16)18-13-14-19(26)25(18)21(27)30-22(2,3)4/h9-14,20,24,26H,8,15H2,1-7H3/t20-,23-/m0/s1. The Morgan fingerprint density at radius 3 is 2.23 bits per heavy atom. The zero-order valence-corrected chi connectivity index (χ0v) is 19.0. The normalized spacial score (nSPS) is 14.6. The van der Waals surface area contributed by atoms with Crippen LogP contribution >= 0.6 is 0 Å². The van der Waals surface area contributed by atoms with Crippen molar-refractivity contribution in [3.63, 3.8) is 0 Å². The van der Waals surface area contributed by atoms with Gasteiger partial charge in [0.15, 0.2) is 0 Å². The van der Waals surface area contributed by atoms with Gasteiger partial charge < -0.3 is 24.6 Å². The zero-order valence-electron chi connectivity index (χ0n) is 19.0. The number of anilines is 1. The van der Waals surface area contributed by atoms with Crippen molar-refractivity contribution in [2.75, 3.05) is 19.5 Å². The minimum atomic E-state index is -0.696. The van der Waals surface area contributed by atoms with E-state index in [1.54, 1.807) is 41.1 Å². The Labute approximate surface area is 178 Å². The van der Waals surface area contributed by atoms with E-state index in [4.69, 9.17) is 14.2 Å². The van der Waals surface area contributed by atoms with E-state index in [-0.39, 0.29) is 5.88 Å². The van der Waals surface area contributed by atoms with Gasteiger partial charge in [-0.05, 0) is 64.4 Å². The topological polar surface area (TPSA) is 82.0 Å². The summed E-state index contributed by atoms with van der Waals surface area (Å²) in [5.74, 6) is 0.561. The molecule has 2 rings (SSSR count). The van der Waals surface area contributed by atoms with Gasteiger partial charge in [0.2, 0.25) is 5.88 Å². The third-order valence-corrected chi connectivity index (χ3v) is 4.99. The summed E-state index contributed by atoms with van der Waals surface area (Å²) in [4.78, 5) is 12.9. The van der Waals surface area contributed by atoms with E-state index in [0.29, 0.717) is 5.69 Å². The fourth-order valence-electron chi connectivity index (χ4n) is 3.43. The summed E-state index contributed by atoms with van der Waals surface area (Å²) in [6.45, 7) is 9.42. The number of carbonyl (C=O) groups excluding carboxylic acids is 1. The number of benzene rings is 1. The van der Waals surface area contributed by atoms with Crippen molar-refractivity contribution in [3.05, 3.63) is 42.1 Å². The van der Waals surface area contributed by atoms with Crippen LogP contribution in [-0.4, -0.2) is 41.2 Å². The monoisotopic (exact) mass is 418 g/mol. The molecule has 1 heterocycles. The molecule has 2 N–H and O–H groups in total. The number of nitrogens with zero attached hydrogens (tertiary/aromatic N) is 1. The first-order chi connectivity index (χ1) is 14.0. The second kappa shape index (κ2) is 9.43. The summed E-state index contributed by atoms with van der Waals surface area (Å²) in [7, 11) is 3.27. The summed E-state index contributed by atoms with van der Waals surface area (Å²) in [6.07, 6.45) is 0.971. The Balaban J connectivity index is 2.53. The number of rotatable bonds is 8. The number of hydrogen-bond donors (Lipinski definition) is 2.